The van der Waals surface area contributed by atoms with Crippen molar-refractivity contribution in [3.05, 3.63) is 0 Å². The average molecular weight is 194 g/mol. The fourth-order valence-electron chi connectivity index (χ4n) is 0.529. The third-order valence-electron chi connectivity index (χ3n) is 0.998. The Morgan fingerprint density at radius 2 is 1.73 bits per heavy atom. The standard InChI is InChI=1S/C5H12O3S.FH.Na/c1-2-3-4-5-9(6,7)8;;/h2-5H2,1H3,(H,6,7,8);1H;/q;;+1/p-1. The number of rotatable bonds is 4. The van der Waals surface area contributed by atoms with E-state index < -0.39 is 10.1 Å². The molecule has 0 atom stereocenters. The monoisotopic (exact) mass is 194 g/mol. The Bertz CT molecular complexity index is 157. The molecule has 0 rings (SSSR count). The Balaban J connectivity index is -0.000000320. The first-order valence-corrected chi connectivity index (χ1v) is 4.57. The van der Waals surface area contributed by atoms with Gasteiger partial charge in [-0.3, -0.25) is 4.70 Å². The zero-order valence-corrected chi connectivity index (χ0v) is 9.69. The maximum Gasteiger partial charge on any atom is 1.00 e. The van der Waals surface area contributed by atoms with Crippen LogP contribution in [0.4, 0.5) is 4.70 Å². The second-order valence-electron chi connectivity index (χ2n) is 1.97. The molecule has 0 spiro atoms. The Morgan fingerprint density at radius 3 is 2.00 bits per heavy atom. The molecule has 0 fully saturated rings. The molecule has 0 aromatic carbocycles. The Hall–Kier alpha value is 0.840. The zero-order valence-electron chi connectivity index (χ0n) is 6.87. The normalized spacial score (nSPS) is 9.64. The van der Waals surface area contributed by atoms with Gasteiger partial charge >= 0.3 is 29.6 Å². The van der Waals surface area contributed by atoms with Crippen LogP contribution in [0.25, 0.3) is 0 Å². The molecule has 0 aliphatic rings. The van der Waals surface area contributed by atoms with Crippen molar-refractivity contribution in [2.75, 3.05) is 5.75 Å². The van der Waals surface area contributed by atoms with Crippen molar-refractivity contribution in [3.63, 3.8) is 0 Å². The molecule has 0 saturated carbocycles. The summed E-state index contributed by atoms with van der Waals surface area (Å²) < 4.78 is 29.9. The van der Waals surface area contributed by atoms with Crippen LogP contribution in [-0.4, -0.2) is 18.7 Å². The van der Waals surface area contributed by atoms with Crippen molar-refractivity contribution in [1.29, 1.82) is 0 Å². The van der Waals surface area contributed by atoms with E-state index in [1.165, 1.54) is 0 Å². The molecule has 11 heavy (non-hydrogen) atoms. The van der Waals surface area contributed by atoms with E-state index in [9.17, 15) is 13.0 Å². The van der Waals surface area contributed by atoms with E-state index in [2.05, 4.69) is 0 Å². The molecular formula is C5H12FNaO3S. The molecule has 0 aliphatic heterocycles. The van der Waals surface area contributed by atoms with Crippen LogP contribution in [0.5, 0.6) is 0 Å². The van der Waals surface area contributed by atoms with Gasteiger partial charge in [0.05, 0.1) is 10.1 Å². The molecule has 0 aliphatic carbocycles. The Morgan fingerprint density at radius 1 is 1.27 bits per heavy atom. The van der Waals surface area contributed by atoms with E-state index in [1.807, 2.05) is 6.92 Å². The van der Waals surface area contributed by atoms with Crippen LogP contribution >= 0.6 is 0 Å². The van der Waals surface area contributed by atoms with Gasteiger partial charge in [0.1, 0.15) is 0 Å². The summed E-state index contributed by atoms with van der Waals surface area (Å²) in [6, 6.07) is 0. The van der Waals surface area contributed by atoms with E-state index in [1.54, 1.807) is 0 Å². The maximum atomic E-state index is 9.95. The first kappa shape index (κ1) is 17.8. The van der Waals surface area contributed by atoms with Crippen molar-refractivity contribution in [1.82, 2.24) is 0 Å². The number of halogens is 1. The minimum atomic E-state index is -3.95. The summed E-state index contributed by atoms with van der Waals surface area (Å²) in [6.07, 6.45) is 2.26. The SMILES string of the molecule is CCCCCS(=O)(=O)[O-].F.[Na+]. The molecule has 0 radical (unpaired) electrons. The number of hydrogen-bond acceptors (Lipinski definition) is 3. The van der Waals surface area contributed by atoms with Gasteiger partial charge in [-0.15, -0.1) is 0 Å². The van der Waals surface area contributed by atoms with Crippen molar-refractivity contribution < 1.29 is 47.2 Å². The zero-order chi connectivity index (χ0) is 7.33. The van der Waals surface area contributed by atoms with Crippen molar-refractivity contribution in [2.24, 2.45) is 0 Å². The summed E-state index contributed by atoms with van der Waals surface area (Å²) >= 11 is 0. The summed E-state index contributed by atoms with van der Waals surface area (Å²) in [7, 11) is -3.95. The van der Waals surface area contributed by atoms with Crippen molar-refractivity contribution in [2.45, 2.75) is 26.2 Å². The second kappa shape index (κ2) is 8.93. The third kappa shape index (κ3) is 18.1. The molecule has 0 aromatic heterocycles. The minimum absolute atomic E-state index is 0. The van der Waals surface area contributed by atoms with Crippen LogP contribution in [0.15, 0.2) is 0 Å². The molecule has 3 nitrogen and oxygen atoms in total. The van der Waals surface area contributed by atoms with Crippen molar-refractivity contribution in [3.8, 4) is 0 Å². The van der Waals surface area contributed by atoms with Crippen LogP contribution in [0.2, 0.25) is 0 Å². The number of hydrogen-bond donors (Lipinski definition) is 0. The molecule has 64 valence electrons. The van der Waals surface area contributed by atoms with Gasteiger partial charge in [0.25, 0.3) is 0 Å². The van der Waals surface area contributed by atoms with Crippen LogP contribution in [0.1, 0.15) is 26.2 Å². The predicted octanol–water partition coefficient (Wildman–Crippen LogP) is -2.12. The van der Waals surface area contributed by atoms with Crippen LogP contribution in [-0.2, 0) is 10.1 Å². The second-order valence-corrected chi connectivity index (χ2v) is 3.49. The van der Waals surface area contributed by atoms with Crippen molar-refractivity contribution >= 4 is 10.1 Å². The minimum Gasteiger partial charge on any atom is -0.748 e. The molecule has 0 bridgehead atoms. The first-order valence-electron chi connectivity index (χ1n) is 3.00. The van der Waals surface area contributed by atoms with E-state index in [-0.39, 0.29) is 40.0 Å². The van der Waals surface area contributed by atoms with E-state index in [0.29, 0.717) is 6.42 Å². The molecule has 0 N–H and O–H groups in total. The van der Waals surface area contributed by atoms with Gasteiger partial charge in [-0.2, -0.15) is 0 Å². The van der Waals surface area contributed by atoms with Gasteiger partial charge in [0, 0.05) is 5.75 Å². The van der Waals surface area contributed by atoms with Gasteiger partial charge in [-0.05, 0) is 6.42 Å². The predicted molar refractivity (Wildman–Crippen MR) is 36.6 cm³/mol. The fraction of sp³-hybridized carbons (Fsp3) is 1.00. The summed E-state index contributed by atoms with van der Waals surface area (Å²) in [5.74, 6) is -0.208. The van der Waals surface area contributed by atoms with Gasteiger partial charge in [0.15, 0.2) is 0 Å². The summed E-state index contributed by atoms with van der Waals surface area (Å²) in [6.45, 7) is 1.96. The molecule has 0 amide bonds. The van der Waals surface area contributed by atoms with E-state index in [4.69, 9.17) is 0 Å². The summed E-state index contributed by atoms with van der Waals surface area (Å²) in [5.41, 5.74) is 0. The van der Waals surface area contributed by atoms with Crippen LogP contribution in [0.3, 0.4) is 0 Å². The maximum absolute atomic E-state index is 9.95. The third-order valence-corrected chi connectivity index (χ3v) is 1.79. The van der Waals surface area contributed by atoms with Crippen LogP contribution in [0, 0.1) is 0 Å². The topological polar surface area (TPSA) is 57.2 Å². The van der Waals surface area contributed by atoms with Crippen LogP contribution < -0.4 is 29.6 Å². The Kier molecular flexibility index (Phi) is 14.5. The van der Waals surface area contributed by atoms with Gasteiger partial charge in [0.2, 0.25) is 0 Å². The van der Waals surface area contributed by atoms with Gasteiger partial charge < -0.3 is 4.55 Å². The first-order chi connectivity index (χ1) is 4.06. The summed E-state index contributed by atoms with van der Waals surface area (Å²) in [4.78, 5) is 0. The molecule has 6 heteroatoms. The summed E-state index contributed by atoms with van der Waals surface area (Å²) in [5, 5.41) is 0. The Labute approximate surface area is 89.0 Å². The molecule has 0 unspecified atom stereocenters. The van der Waals surface area contributed by atoms with Gasteiger partial charge in [-0.1, -0.05) is 19.8 Å². The van der Waals surface area contributed by atoms with E-state index in [0.717, 1.165) is 12.8 Å². The molecular weight excluding hydrogens is 182 g/mol. The molecule has 0 heterocycles. The fourth-order valence-corrected chi connectivity index (χ4v) is 1.09. The quantitative estimate of drug-likeness (QED) is 0.292. The molecule has 0 aromatic rings. The van der Waals surface area contributed by atoms with E-state index >= 15 is 0 Å². The smallest absolute Gasteiger partial charge is 0.748 e. The molecule has 0 saturated heterocycles. The largest absolute Gasteiger partial charge is 1.00 e. The average Bonchev–Trinajstić information content (AvgIpc) is 1.63. The van der Waals surface area contributed by atoms with Gasteiger partial charge in [-0.25, -0.2) is 8.42 Å². The number of unbranched alkanes of at least 4 members (excludes halogenated alkanes) is 2.